The molecule has 8 heteroatoms. The van der Waals surface area contributed by atoms with Crippen molar-refractivity contribution in [3.8, 4) is 5.69 Å². The number of anilines is 1. The second-order valence-electron chi connectivity index (χ2n) is 4.70. The van der Waals surface area contributed by atoms with E-state index in [1.54, 1.807) is 17.6 Å². The second-order valence-corrected chi connectivity index (χ2v) is 4.70. The molecular weight excluding hydrogens is 284 g/mol. The van der Waals surface area contributed by atoms with Gasteiger partial charge in [0, 0.05) is 12.4 Å². The summed E-state index contributed by atoms with van der Waals surface area (Å²) in [5.41, 5.74) is 2.49. The molecule has 22 heavy (non-hydrogen) atoms. The van der Waals surface area contributed by atoms with E-state index in [9.17, 15) is 4.79 Å². The molecule has 3 aromatic heterocycles. The number of carbonyl (C=O) groups excluding carboxylic acids is 1. The minimum atomic E-state index is -0.568. The third kappa shape index (κ3) is 2.39. The predicted octanol–water partition coefficient (Wildman–Crippen LogP) is 2.10. The van der Waals surface area contributed by atoms with Crippen molar-refractivity contribution in [2.45, 2.75) is 20.8 Å². The molecule has 0 aliphatic carbocycles. The number of pyridine rings is 1. The molecule has 8 nitrogen and oxygen atoms in total. The average Bonchev–Trinajstić information content (AvgIpc) is 3.06. The zero-order chi connectivity index (χ0) is 15.7. The molecule has 0 spiro atoms. The van der Waals surface area contributed by atoms with Crippen molar-refractivity contribution in [1.29, 1.82) is 0 Å². The smallest absolute Gasteiger partial charge is 0.414 e. The second kappa shape index (κ2) is 5.47. The van der Waals surface area contributed by atoms with Gasteiger partial charge in [-0.3, -0.25) is 5.32 Å². The summed E-state index contributed by atoms with van der Waals surface area (Å²) in [5, 5.41) is 6.80. The molecule has 0 bridgehead atoms. The van der Waals surface area contributed by atoms with Crippen molar-refractivity contribution in [2.75, 3.05) is 11.9 Å². The Kier molecular flexibility index (Phi) is 3.50. The molecule has 0 unspecified atom stereocenters. The van der Waals surface area contributed by atoms with Crippen LogP contribution in [0, 0.1) is 13.8 Å². The maximum Gasteiger partial charge on any atom is 0.414 e. The lowest BCUT2D eigenvalue weighted by Crippen LogP contribution is -2.14. The zero-order valence-corrected chi connectivity index (χ0v) is 12.6. The number of nitrogens with zero attached hydrogens (tertiary/aromatic N) is 5. The number of rotatable bonds is 3. The fraction of sp³-hybridized carbons (Fsp3) is 0.286. The van der Waals surface area contributed by atoms with Crippen LogP contribution < -0.4 is 5.32 Å². The number of carbonyl (C=O) groups is 1. The Morgan fingerprint density at radius 2 is 2.18 bits per heavy atom. The minimum absolute atomic E-state index is 0.209. The van der Waals surface area contributed by atoms with Gasteiger partial charge in [0.25, 0.3) is 5.95 Å². The third-order valence-electron chi connectivity index (χ3n) is 3.29. The van der Waals surface area contributed by atoms with E-state index in [-0.39, 0.29) is 5.95 Å². The molecule has 0 atom stereocenters. The Labute approximate surface area is 126 Å². The van der Waals surface area contributed by atoms with Crippen molar-refractivity contribution in [3.05, 3.63) is 36.0 Å². The summed E-state index contributed by atoms with van der Waals surface area (Å²) in [6.07, 6.45) is 3.06. The molecule has 0 aliphatic heterocycles. The maximum absolute atomic E-state index is 11.4. The molecule has 1 N–H and O–H groups in total. The topological polar surface area (TPSA) is 86.3 Å². The molecular formula is C14H16N6O2. The number of hydrogen-bond acceptors (Lipinski definition) is 5. The van der Waals surface area contributed by atoms with Crippen molar-refractivity contribution < 1.29 is 9.53 Å². The molecule has 0 saturated heterocycles. The fourth-order valence-corrected chi connectivity index (χ4v) is 2.26. The van der Waals surface area contributed by atoms with Crippen LogP contribution in [0.5, 0.6) is 0 Å². The summed E-state index contributed by atoms with van der Waals surface area (Å²) >= 11 is 0. The first-order valence-electron chi connectivity index (χ1n) is 6.90. The maximum atomic E-state index is 11.4. The van der Waals surface area contributed by atoms with Crippen molar-refractivity contribution in [1.82, 2.24) is 24.1 Å². The summed E-state index contributed by atoms with van der Waals surface area (Å²) in [4.78, 5) is 19.9. The molecule has 0 radical (unpaired) electrons. The standard InChI is InChI=1S/C14H16N6O2/c1-4-22-14(21)17-13-16-12-6-5-11(9(2)20(12)18-13)19-8-7-15-10(19)3/h5-8H,4H2,1-3H3,(H,17,18,21). The SMILES string of the molecule is CCOC(=O)Nc1nc2ccc(-n3ccnc3C)c(C)n2n1. The van der Waals surface area contributed by atoms with E-state index < -0.39 is 6.09 Å². The molecule has 114 valence electrons. The summed E-state index contributed by atoms with van der Waals surface area (Å²) in [7, 11) is 0. The number of aryl methyl sites for hydroxylation is 2. The molecule has 0 saturated carbocycles. The van der Waals surface area contributed by atoms with Gasteiger partial charge in [-0.05, 0) is 32.9 Å². The van der Waals surface area contributed by atoms with E-state index in [2.05, 4.69) is 20.4 Å². The van der Waals surface area contributed by atoms with Gasteiger partial charge in [0.05, 0.1) is 18.0 Å². The molecule has 3 aromatic rings. The van der Waals surface area contributed by atoms with Crippen molar-refractivity contribution >= 4 is 17.7 Å². The van der Waals surface area contributed by atoms with Crippen molar-refractivity contribution in [3.63, 3.8) is 0 Å². The number of ether oxygens (including phenoxy) is 1. The molecule has 3 rings (SSSR count). The highest BCUT2D eigenvalue weighted by molar-refractivity contribution is 5.82. The lowest BCUT2D eigenvalue weighted by molar-refractivity contribution is 0.167. The van der Waals surface area contributed by atoms with Gasteiger partial charge in [-0.1, -0.05) is 0 Å². The Morgan fingerprint density at radius 3 is 2.86 bits per heavy atom. The molecule has 0 fully saturated rings. The zero-order valence-electron chi connectivity index (χ0n) is 12.6. The Morgan fingerprint density at radius 1 is 1.36 bits per heavy atom. The average molecular weight is 300 g/mol. The van der Waals surface area contributed by atoms with E-state index in [4.69, 9.17) is 4.74 Å². The van der Waals surface area contributed by atoms with Gasteiger partial charge < -0.3 is 9.30 Å². The summed E-state index contributed by atoms with van der Waals surface area (Å²) in [5.74, 6) is 1.09. The van der Waals surface area contributed by atoms with Gasteiger partial charge in [0.15, 0.2) is 5.65 Å². The highest BCUT2D eigenvalue weighted by Crippen LogP contribution is 2.18. The van der Waals surface area contributed by atoms with Crippen LogP contribution in [0.1, 0.15) is 18.4 Å². The largest absolute Gasteiger partial charge is 0.450 e. The number of fused-ring (bicyclic) bond motifs is 1. The predicted molar refractivity (Wildman–Crippen MR) is 80.2 cm³/mol. The summed E-state index contributed by atoms with van der Waals surface area (Å²) < 4.78 is 8.46. The van der Waals surface area contributed by atoms with Crippen LogP contribution in [0.3, 0.4) is 0 Å². The van der Waals surface area contributed by atoms with Gasteiger partial charge in [-0.15, -0.1) is 5.10 Å². The fourth-order valence-electron chi connectivity index (χ4n) is 2.26. The Bertz CT molecular complexity index is 835. The lowest BCUT2D eigenvalue weighted by atomic mass is 10.3. The number of hydrogen-bond donors (Lipinski definition) is 1. The summed E-state index contributed by atoms with van der Waals surface area (Å²) in [6, 6.07) is 3.78. The van der Waals surface area contributed by atoms with Crippen LogP contribution >= 0.6 is 0 Å². The number of aromatic nitrogens is 5. The van der Waals surface area contributed by atoms with E-state index in [1.807, 2.05) is 36.7 Å². The van der Waals surface area contributed by atoms with E-state index in [0.717, 1.165) is 17.2 Å². The Hall–Kier alpha value is -2.90. The number of nitrogens with one attached hydrogen (secondary N) is 1. The monoisotopic (exact) mass is 300 g/mol. The van der Waals surface area contributed by atoms with Gasteiger partial charge in [-0.25, -0.2) is 14.3 Å². The first kappa shape index (κ1) is 14.1. The van der Waals surface area contributed by atoms with Crippen LogP contribution in [-0.2, 0) is 4.74 Å². The third-order valence-corrected chi connectivity index (χ3v) is 3.29. The van der Waals surface area contributed by atoms with Crippen LogP contribution in [-0.4, -0.2) is 36.8 Å². The normalized spacial score (nSPS) is 10.9. The Balaban J connectivity index is 2.01. The van der Waals surface area contributed by atoms with Gasteiger partial charge in [0.2, 0.25) is 0 Å². The minimum Gasteiger partial charge on any atom is -0.450 e. The van der Waals surface area contributed by atoms with Crippen LogP contribution in [0.25, 0.3) is 11.3 Å². The highest BCUT2D eigenvalue weighted by atomic mass is 16.5. The summed E-state index contributed by atoms with van der Waals surface area (Å²) in [6.45, 7) is 5.89. The van der Waals surface area contributed by atoms with Gasteiger partial charge >= 0.3 is 6.09 Å². The van der Waals surface area contributed by atoms with Crippen LogP contribution in [0.4, 0.5) is 10.7 Å². The lowest BCUT2D eigenvalue weighted by Gasteiger charge is -2.09. The number of amides is 1. The van der Waals surface area contributed by atoms with Crippen molar-refractivity contribution in [2.24, 2.45) is 0 Å². The van der Waals surface area contributed by atoms with E-state index in [1.165, 1.54) is 0 Å². The molecule has 0 aromatic carbocycles. The van der Waals surface area contributed by atoms with Gasteiger partial charge in [-0.2, -0.15) is 4.98 Å². The quantitative estimate of drug-likeness (QED) is 0.800. The van der Waals surface area contributed by atoms with Gasteiger partial charge in [0.1, 0.15) is 5.82 Å². The number of imidazole rings is 1. The molecule has 1 amide bonds. The molecule has 3 heterocycles. The highest BCUT2D eigenvalue weighted by Gasteiger charge is 2.13. The van der Waals surface area contributed by atoms with Crippen LogP contribution in [0.2, 0.25) is 0 Å². The first-order valence-corrected chi connectivity index (χ1v) is 6.90. The van der Waals surface area contributed by atoms with E-state index in [0.29, 0.717) is 12.3 Å². The first-order chi connectivity index (χ1) is 10.6. The molecule has 0 aliphatic rings. The van der Waals surface area contributed by atoms with Crippen LogP contribution in [0.15, 0.2) is 24.5 Å². The van der Waals surface area contributed by atoms with E-state index >= 15 is 0 Å².